The van der Waals surface area contributed by atoms with Gasteiger partial charge in [-0.25, -0.2) is 0 Å². The Balaban J connectivity index is 1.80. The van der Waals surface area contributed by atoms with E-state index in [9.17, 15) is 9.90 Å². The molecule has 0 aliphatic carbocycles. The number of likely N-dealkylation sites (tertiary alicyclic amines) is 1. The van der Waals surface area contributed by atoms with E-state index in [2.05, 4.69) is 0 Å². The Labute approximate surface area is 136 Å². The number of aliphatic hydroxyl groups is 1. The zero-order valence-corrected chi connectivity index (χ0v) is 14.1. The SMILES string of the molecule is CSCC[C@@H](O)C(=O)N1CCC(Oc2ccccc2C)CC1. The number of carbonyl (C=O) groups is 1. The number of piperidine rings is 1. The van der Waals surface area contributed by atoms with E-state index >= 15 is 0 Å². The van der Waals surface area contributed by atoms with Gasteiger partial charge in [-0.15, -0.1) is 0 Å². The van der Waals surface area contributed by atoms with E-state index in [0.29, 0.717) is 19.5 Å². The molecule has 1 aromatic rings. The molecule has 0 bridgehead atoms. The van der Waals surface area contributed by atoms with Gasteiger partial charge in [0.25, 0.3) is 5.91 Å². The highest BCUT2D eigenvalue weighted by molar-refractivity contribution is 7.98. The summed E-state index contributed by atoms with van der Waals surface area (Å²) in [5, 5.41) is 9.90. The Kier molecular flexibility index (Phi) is 6.58. The van der Waals surface area contributed by atoms with E-state index in [1.165, 1.54) is 0 Å². The number of aliphatic hydroxyl groups excluding tert-OH is 1. The van der Waals surface area contributed by atoms with Gasteiger partial charge in [0.05, 0.1) is 0 Å². The second kappa shape index (κ2) is 8.44. The molecule has 1 aliphatic heterocycles. The van der Waals surface area contributed by atoms with Crippen LogP contribution in [0.5, 0.6) is 5.75 Å². The largest absolute Gasteiger partial charge is 0.490 e. The van der Waals surface area contributed by atoms with Crippen molar-refractivity contribution in [2.45, 2.75) is 38.4 Å². The number of ether oxygens (including phenoxy) is 1. The highest BCUT2D eigenvalue weighted by Crippen LogP contribution is 2.22. The maximum absolute atomic E-state index is 12.1. The summed E-state index contributed by atoms with van der Waals surface area (Å²) in [6, 6.07) is 8.00. The Hall–Kier alpha value is -1.20. The quantitative estimate of drug-likeness (QED) is 0.874. The van der Waals surface area contributed by atoms with Crippen LogP contribution in [-0.4, -0.2) is 53.2 Å². The monoisotopic (exact) mass is 323 g/mol. The van der Waals surface area contributed by atoms with Crippen molar-refractivity contribution in [3.8, 4) is 5.75 Å². The van der Waals surface area contributed by atoms with Crippen LogP contribution in [0.3, 0.4) is 0 Å². The van der Waals surface area contributed by atoms with Crippen LogP contribution < -0.4 is 4.74 Å². The summed E-state index contributed by atoms with van der Waals surface area (Å²) in [5.41, 5.74) is 1.13. The van der Waals surface area contributed by atoms with Crippen molar-refractivity contribution in [2.75, 3.05) is 25.1 Å². The first-order valence-electron chi connectivity index (χ1n) is 7.80. The van der Waals surface area contributed by atoms with Crippen molar-refractivity contribution < 1.29 is 14.6 Å². The normalized spacial score (nSPS) is 17.3. The van der Waals surface area contributed by atoms with Crippen molar-refractivity contribution in [3.05, 3.63) is 29.8 Å². The third kappa shape index (κ3) is 4.65. The number of amides is 1. The van der Waals surface area contributed by atoms with Crippen LogP contribution in [0.15, 0.2) is 24.3 Å². The van der Waals surface area contributed by atoms with Gasteiger partial charge in [-0.3, -0.25) is 4.79 Å². The number of hydrogen-bond donors (Lipinski definition) is 1. The standard InChI is InChI=1S/C17H25NO3S/c1-13-5-3-4-6-16(13)21-14-7-10-18(11-8-14)17(20)15(19)9-12-22-2/h3-6,14-15,19H,7-12H2,1-2H3/t15-/m1/s1. The zero-order valence-electron chi connectivity index (χ0n) is 13.3. The van der Waals surface area contributed by atoms with Gasteiger partial charge in [-0.2, -0.15) is 11.8 Å². The van der Waals surface area contributed by atoms with Crippen molar-refractivity contribution >= 4 is 17.7 Å². The molecule has 1 aliphatic rings. The molecule has 4 nitrogen and oxygen atoms in total. The number of nitrogens with zero attached hydrogens (tertiary/aromatic N) is 1. The smallest absolute Gasteiger partial charge is 0.251 e. The van der Waals surface area contributed by atoms with Crippen molar-refractivity contribution in [1.82, 2.24) is 4.90 Å². The molecule has 1 N–H and O–H groups in total. The molecule has 0 radical (unpaired) electrons. The van der Waals surface area contributed by atoms with E-state index in [1.54, 1.807) is 16.7 Å². The van der Waals surface area contributed by atoms with Crippen LogP contribution in [0.1, 0.15) is 24.8 Å². The number of carbonyl (C=O) groups excluding carboxylic acids is 1. The summed E-state index contributed by atoms with van der Waals surface area (Å²) >= 11 is 1.65. The molecule has 1 saturated heterocycles. The fourth-order valence-corrected chi connectivity index (χ4v) is 3.08. The number of aryl methyl sites for hydroxylation is 1. The molecule has 1 fully saturated rings. The maximum Gasteiger partial charge on any atom is 0.251 e. The third-order valence-electron chi connectivity index (χ3n) is 4.02. The summed E-state index contributed by atoms with van der Waals surface area (Å²) in [6.45, 7) is 3.35. The van der Waals surface area contributed by atoms with Crippen LogP contribution in [0.2, 0.25) is 0 Å². The summed E-state index contributed by atoms with van der Waals surface area (Å²) in [7, 11) is 0. The second-order valence-corrected chi connectivity index (χ2v) is 6.69. The fraction of sp³-hybridized carbons (Fsp3) is 0.588. The maximum atomic E-state index is 12.1. The lowest BCUT2D eigenvalue weighted by molar-refractivity contribution is -0.142. The molecule has 2 rings (SSSR count). The van der Waals surface area contributed by atoms with Gasteiger partial charge in [0.15, 0.2) is 0 Å². The Morgan fingerprint density at radius 3 is 2.73 bits per heavy atom. The molecule has 0 saturated carbocycles. The number of thioether (sulfide) groups is 1. The molecule has 1 heterocycles. The zero-order chi connectivity index (χ0) is 15.9. The Bertz CT molecular complexity index is 487. The molecular weight excluding hydrogens is 298 g/mol. The van der Waals surface area contributed by atoms with Gasteiger partial charge < -0.3 is 14.7 Å². The van der Waals surface area contributed by atoms with Crippen molar-refractivity contribution in [2.24, 2.45) is 0 Å². The van der Waals surface area contributed by atoms with E-state index in [4.69, 9.17) is 4.74 Å². The lowest BCUT2D eigenvalue weighted by Crippen LogP contribution is -2.46. The minimum Gasteiger partial charge on any atom is -0.490 e. The lowest BCUT2D eigenvalue weighted by Gasteiger charge is -2.33. The molecule has 0 spiro atoms. The number of rotatable bonds is 6. The van der Waals surface area contributed by atoms with E-state index in [-0.39, 0.29) is 12.0 Å². The summed E-state index contributed by atoms with van der Waals surface area (Å²) < 4.78 is 6.04. The van der Waals surface area contributed by atoms with Crippen LogP contribution in [-0.2, 0) is 4.79 Å². The van der Waals surface area contributed by atoms with E-state index < -0.39 is 6.10 Å². The van der Waals surface area contributed by atoms with Gasteiger partial charge in [0.2, 0.25) is 0 Å². The van der Waals surface area contributed by atoms with Crippen LogP contribution in [0.25, 0.3) is 0 Å². The molecule has 1 atom stereocenters. The molecule has 0 aromatic heterocycles. The van der Waals surface area contributed by atoms with Crippen LogP contribution >= 0.6 is 11.8 Å². The van der Waals surface area contributed by atoms with Crippen molar-refractivity contribution in [3.63, 3.8) is 0 Å². The average molecular weight is 323 g/mol. The van der Waals surface area contributed by atoms with Gasteiger partial charge in [-0.1, -0.05) is 18.2 Å². The van der Waals surface area contributed by atoms with Crippen LogP contribution in [0, 0.1) is 6.92 Å². The second-order valence-electron chi connectivity index (χ2n) is 5.71. The minimum atomic E-state index is -0.860. The minimum absolute atomic E-state index is 0.136. The van der Waals surface area contributed by atoms with Gasteiger partial charge in [0, 0.05) is 25.9 Å². The number of hydrogen-bond acceptors (Lipinski definition) is 4. The third-order valence-corrected chi connectivity index (χ3v) is 4.67. The summed E-state index contributed by atoms with van der Waals surface area (Å²) in [6.07, 6.45) is 3.42. The first kappa shape index (κ1) is 17.2. The van der Waals surface area contributed by atoms with Crippen LogP contribution in [0.4, 0.5) is 0 Å². The summed E-state index contributed by atoms with van der Waals surface area (Å²) in [4.78, 5) is 13.9. The molecule has 1 amide bonds. The molecule has 22 heavy (non-hydrogen) atoms. The predicted octanol–water partition coefficient (Wildman–Crippen LogP) is 2.48. The summed E-state index contributed by atoms with van der Waals surface area (Å²) in [5.74, 6) is 1.59. The van der Waals surface area contributed by atoms with Gasteiger partial charge in [0.1, 0.15) is 18.0 Å². The fourth-order valence-electron chi connectivity index (χ4n) is 2.63. The predicted molar refractivity (Wildman–Crippen MR) is 90.4 cm³/mol. The molecule has 1 aromatic carbocycles. The average Bonchev–Trinajstić information content (AvgIpc) is 2.55. The van der Waals surface area contributed by atoms with E-state index in [0.717, 1.165) is 29.9 Å². The van der Waals surface area contributed by atoms with Gasteiger partial charge >= 0.3 is 0 Å². The topological polar surface area (TPSA) is 49.8 Å². The number of para-hydroxylation sites is 1. The molecule has 122 valence electrons. The highest BCUT2D eigenvalue weighted by Gasteiger charge is 2.27. The molecule has 0 unspecified atom stereocenters. The molecular formula is C17H25NO3S. The highest BCUT2D eigenvalue weighted by atomic mass is 32.2. The van der Waals surface area contributed by atoms with Gasteiger partial charge in [-0.05, 0) is 37.0 Å². The first-order valence-corrected chi connectivity index (χ1v) is 9.19. The van der Waals surface area contributed by atoms with E-state index in [1.807, 2.05) is 37.4 Å². The Morgan fingerprint density at radius 1 is 1.41 bits per heavy atom. The van der Waals surface area contributed by atoms with Crippen molar-refractivity contribution in [1.29, 1.82) is 0 Å². The first-order chi connectivity index (χ1) is 10.6. The number of benzene rings is 1. The Morgan fingerprint density at radius 2 is 2.09 bits per heavy atom. The lowest BCUT2D eigenvalue weighted by atomic mass is 10.1. The molecule has 5 heteroatoms.